The molecule has 0 spiro atoms. The fourth-order valence-electron chi connectivity index (χ4n) is 2.64. The molecule has 19 heavy (non-hydrogen) atoms. The Bertz CT molecular complexity index is 528. The summed E-state index contributed by atoms with van der Waals surface area (Å²) in [6, 6.07) is 4.15. The van der Waals surface area contributed by atoms with Crippen molar-refractivity contribution in [1.29, 1.82) is 0 Å². The number of hydrogen-bond donors (Lipinski definition) is 2. The zero-order valence-electron chi connectivity index (χ0n) is 10.9. The Kier molecular flexibility index (Phi) is 3.27. The third-order valence-corrected chi connectivity index (χ3v) is 4.39. The van der Waals surface area contributed by atoms with Gasteiger partial charge in [0.2, 0.25) is 5.91 Å². The van der Waals surface area contributed by atoms with Gasteiger partial charge in [-0.3, -0.25) is 4.79 Å². The second-order valence-corrected chi connectivity index (χ2v) is 6.14. The van der Waals surface area contributed by atoms with Gasteiger partial charge in [-0.15, -0.1) is 0 Å². The minimum absolute atomic E-state index is 0.118. The van der Waals surface area contributed by atoms with Gasteiger partial charge in [0, 0.05) is 28.3 Å². The van der Waals surface area contributed by atoms with Crippen LogP contribution in [-0.4, -0.2) is 18.5 Å². The minimum Gasteiger partial charge on any atom is -0.368 e. The molecule has 5 heteroatoms. The Labute approximate surface area is 121 Å². The Morgan fingerprint density at radius 3 is 2.84 bits per heavy atom. The molecule has 0 aromatic heterocycles. The number of nitrogens with two attached hydrogens (primary N) is 1. The topological polar surface area (TPSA) is 58.4 Å². The maximum Gasteiger partial charge on any atom is 0.245 e. The first-order valence-electron chi connectivity index (χ1n) is 6.78. The van der Waals surface area contributed by atoms with Crippen LogP contribution in [0.4, 0.5) is 11.4 Å². The van der Waals surface area contributed by atoms with Crippen molar-refractivity contribution in [3.63, 3.8) is 0 Å². The first-order chi connectivity index (χ1) is 9.11. The summed E-state index contributed by atoms with van der Waals surface area (Å²) in [6.07, 6.45) is 3.64. The quantitative estimate of drug-likeness (QED) is 0.895. The molecule has 0 bridgehead atoms. The van der Waals surface area contributed by atoms with Crippen LogP contribution in [0.15, 0.2) is 16.6 Å². The van der Waals surface area contributed by atoms with E-state index in [1.54, 1.807) is 0 Å². The maximum absolute atomic E-state index is 11.6. The van der Waals surface area contributed by atoms with Gasteiger partial charge in [0.1, 0.15) is 6.04 Å². The van der Waals surface area contributed by atoms with Crippen LogP contribution in [0.1, 0.15) is 37.8 Å². The summed E-state index contributed by atoms with van der Waals surface area (Å²) in [5.74, 6) is -0.118. The van der Waals surface area contributed by atoms with E-state index in [2.05, 4.69) is 39.1 Å². The van der Waals surface area contributed by atoms with Crippen molar-refractivity contribution in [3.05, 3.63) is 22.2 Å². The summed E-state index contributed by atoms with van der Waals surface area (Å²) in [5.41, 5.74) is 8.77. The van der Waals surface area contributed by atoms with Gasteiger partial charge in [0.15, 0.2) is 0 Å². The SMILES string of the molecule is CCCN(c1cc2c(cc1Br)C(N)C(=O)N2)C1CC1. The number of halogens is 1. The van der Waals surface area contributed by atoms with E-state index in [1.807, 2.05) is 6.07 Å². The fourth-order valence-corrected chi connectivity index (χ4v) is 3.23. The molecular weight excluding hydrogens is 306 g/mol. The number of carbonyl (C=O) groups excluding carboxylic acids is 1. The molecule has 1 unspecified atom stereocenters. The van der Waals surface area contributed by atoms with Crippen LogP contribution in [-0.2, 0) is 4.79 Å². The predicted octanol–water partition coefficient (Wildman–Crippen LogP) is 2.78. The first-order valence-corrected chi connectivity index (χ1v) is 7.57. The van der Waals surface area contributed by atoms with E-state index in [0.717, 1.165) is 34.4 Å². The number of benzene rings is 1. The van der Waals surface area contributed by atoms with Crippen LogP contribution >= 0.6 is 15.9 Å². The van der Waals surface area contributed by atoms with Crippen LogP contribution in [0.2, 0.25) is 0 Å². The van der Waals surface area contributed by atoms with Crippen molar-refractivity contribution in [1.82, 2.24) is 0 Å². The number of carbonyl (C=O) groups is 1. The van der Waals surface area contributed by atoms with Crippen LogP contribution < -0.4 is 16.0 Å². The average Bonchev–Trinajstić information content (AvgIpc) is 3.17. The summed E-state index contributed by atoms with van der Waals surface area (Å²) in [7, 11) is 0. The summed E-state index contributed by atoms with van der Waals surface area (Å²) in [6.45, 7) is 3.23. The van der Waals surface area contributed by atoms with Gasteiger partial charge < -0.3 is 16.0 Å². The minimum atomic E-state index is -0.541. The first kappa shape index (κ1) is 12.9. The molecule has 3 rings (SSSR count). The molecule has 1 atom stereocenters. The summed E-state index contributed by atoms with van der Waals surface area (Å²) in [4.78, 5) is 14.1. The number of hydrogen-bond acceptors (Lipinski definition) is 3. The molecule has 1 aromatic carbocycles. The van der Waals surface area contributed by atoms with Crippen LogP contribution in [0.3, 0.4) is 0 Å². The Morgan fingerprint density at radius 1 is 1.47 bits per heavy atom. The van der Waals surface area contributed by atoms with Gasteiger partial charge >= 0.3 is 0 Å². The van der Waals surface area contributed by atoms with E-state index in [1.165, 1.54) is 12.8 Å². The Hall–Kier alpha value is -1.07. The molecule has 4 nitrogen and oxygen atoms in total. The van der Waals surface area contributed by atoms with Crippen molar-refractivity contribution < 1.29 is 4.79 Å². The zero-order valence-corrected chi connectivity index (χ0v) is 12.5. The highest BCUT2D eigenvalue weighted by Gasteiger charge is 2.33. The van der Waals surface area contributed by atoms with Crippen LogP contribution in [0.25, 0.3) is 0 Å². The lowest BCUT2D eigenvalue weighted by molar-refractivity contribution is -0.116. The summed E-state index contributed by atoms with van der Waals surface area (Å²) < 4.78 is 1.03. The molecule has 1 fully saturated rings. The van der Waals surface area contributed by atoms with Crippen molar-refractivity contribution >= 4 is 33.2 Å². The number of nitrogens with zero attached hydrogens (tertiary/aromatic N) is 1. The largest absolute Gasteiger partial charge is 0.368 e. The third-order valence-electron chi connectivity index (χ3n) is 3.76. The lowest BCUT2D eigenvalue weighted by atomic mass is 10.1. The molecule has 102 valence electrons. The van der Waals surface area contributed by atoms with Gasteiger partial charge in [-0.2, -0.15) is 0 Å². The van der Waals surface area contributed by atoms with Crippen molar-refractivity contribution in [2.75, 3.05) is 16.8 Å². The predicted molar refractivity (Wildman–Crippen MR) is 80.4 cm³/mol. The van der Waals surface area contributed by atoms with Crippen molar-refractivity contribution in [2.24, 2.45) is 5.73 Å². The number of amides is 1. The third kappa shape index (κ3) is 2.25. The summed E-state index contributed by atoms with van der Waals surface area (Å²) in [5, 5.41) is 2.86. The molecular formula is C14H18BrN3O. The molecule has 0 saturated heterocycles. The highest BCUT2D eigenvalue weighted by molar-refractivity contribution is 9.10. The molecule has 1 aromatic rings. The molecule has 1 saturated carbocycles. The molecule has 1 aliphatic heterocycles. The van der Waals surface area contributed by atoms with E-state index in [9.17, 15) is 4.79 Å². The molecule has 2 aliphatic rings. The highest BCUT2D eigenvalue weighted by Crippen LogP contribution is 2.41. The van der Waals surface area contributed by atoms with Crippen LogP contribution in [0, 0.1) is 0 Å². The average molecular weight is 324 g/mol. The van der Waals surface area contributed by atoms with Crippen molar-refractivity contribution in [2.45, 2.75) is 38.3 Å². The monoisotopic (exact) mass is 323 g/mol. The normalized spacial score (nSPS) is 21.2. The molecule has 1 heterocycles. The van der Waals surface area contributed by atoms with Crippen molar-refractivity contribution in [3.8, 4) is 0 Å². The Balaban J connectivity index is 1.99. The number of rotatable bonds is 4. The zero-order chi connectivity index (χ0) is 13.6. The van der Waals surface area contributed by atoms with Gasteiger partial charge in [-0.25, -0.2) is 0 Å². The lowest BCUT2D eigenvalue weighted by Gasteiger charge is -2.26. The van der Waals surface area contributed by atoms with Crippen LogP contribution in [0.5, 0.6) is 0 Å². The number of anilines is 2. The fraction of sp³-hybridized carbons (Fsp3) is 0.500. The number of fused-ring (bicyclic) bond motifs is 1. The van der Waals surface area contributed by atoms with Gasteiger partial charge in [0.05, 0.1) is 5.69 Å². The molecule has 0 radical (unpaired) electrons. The highest BCUT2D eigenvalue weighted by atomic mass is 79.9. The molecule has 3 N–H and O–H groups in total. The Morgan fingerprint density at radius 2 is 2.21 bits per heavy atom. The lowest BCUT2D eigenvalue weighted by Crippen LogP contribution is -2.26. The maximum atomic E-state index is 11.6. The van der Waals surface area contributed by atoms with Gasteiger partial charge in [-0.05, 0) is 47.3 Å². The van der Waals surface area contributed by atoms with E-state index in [-0.39, 0.29) is 5.91 Å². The molecule has 1 amide bonds. The summed E-state index contributed by atoms with van der Waals surface area (Å²) >= 11 is 3.63. The van der Waals surface area contributed by atoms with E-state index in [4.69, 9.17) is 5.73 Å². The second kappa shape index (κ2) is 4.80. The number of nitrogens with one attached hydrogen (secondary N) is 1. The smallest absolute Gasteiger partial charge is 0.245 e. The van der Waals surface area contributed by atoms with Gasteiger partial charge in [-0.1, -0.05) is 6.92 Å². The second-order valence-electron chi connectivity index (χ2n) is 5.28. The van der Waals surface area contributed by atoms with E-state index >= 15 is 0 Å². The van der Waals surface area contributed by atoms with Gasteiger partial charge in [0.25, 0.3) is 0 Å². The standard InChI is InChI=1S/C14H18BrN3O/c1-2-5-18(8-3-4-8)12-7-11-9(6-10(12)15)13(16)14(19)17-11/h6-8,13H,2-5,16H2,1H3,(H,17,19). The molecule has 1 aliphatic carbocycles. The van der Waals surface area contributed by atoms with E-state index in [0.29, 0.717) is 6.04 Å². The van der Waals surface area contributed by atoms with E-state index < -0.39 is 6.04 Å².